The third-order valence-corrected chi connectivity index (χ3v) is 6.88. The van der Waals surface area contributed by atoms with E-state index in [1.54, 1.807) is 4.57 Å². The van der Waals surface area contributed by atoms with E-state index in [2.05, 4.69) is 36.4 Å². The van der Waals surface area contributed by atoms with Gasteiger partial charge in [0.25, 0.3) is 5.56 Å². The molecule has 0 fully saturated rings. The van der Waals surface area contributed by atoms with Crippen LogP contribution in [0.5, 0.6) is 0 Å². The Kier molecular flexibility index (Phi) is 5.12. The summed E-state index contributed by atoms with van der Waals surface area (Å²) < 4.78 is 6.56. The minimum Gasteiger partial charge on any atom is -0.467 e. The van der Waals surface area contributed by atoms with Crippen molar-refractivity contribution in [2.45, 2.75) is 17.5 Å². The Morgan fingerprint density at radius 3 is 2.55 bits per heavy atom. The highest BCUT2D eigenvalue weighted by Crippen LogP contribution is 2.36. The van der Waals surface area contributed by atoms with Gasteiger partial charge in [-0.2, -0.15) is 0 Å². The topological polar surface area (TPSA) is 48.3 Å². The number of esters is 1. The largest absolute Gasteiger partial charge is 0.467 e. The van der Waals surface area contributed by atoms with Crippen LogP contribution in [-0.2, 0) is 16.0 Å². The first-order chi connectivity index (χ1) is 15.2. The summed E-state index contributed by atoms with van der Waals surface area (Å²) in [6.45, 7) is 0. The van der Waals surface area contributed by atoms with Crippen molar-refractivity contribution in [2.24, 2.45) is 0 Å². The van der Waals surface area contributed by atoms with Gasteiger partial charge in [-0.25, -0.2) is 4.79 Å². The van der Waals surface area contributed by atoms with Gasteiger partial charge in [0.05, 0.1) is 17.7 Å². The molecule has 1 aliphatic heterocycles. The van der Waals surface area contributed by atoms with E-state index >= 15 is 0 Å². The first-order valence-corrected chi connectivity index (χ1v) is 11.2. The van der Waals surface area contributed by atoms with Crippen molar-refractivity contribution in [3.05, 3.63) is 100 Å². The lowest BCUT2D eigenvalue weighted by Gasteiger charge is -2.17. The molecule has 0 aliphatic carbocycles. The summed E-state index contributed by atoms with van der Waals surface area (Å²) in [6.07, 6.45) is 0.637. The van der Waals surface area contributed by atoms with Crippen molar-refractivity contribution in [1.82, 2.24) is 4.57 Å². The molecule has 0 amide bonds. The highest BCUT2D eigenvalue weighted by molar-refractivity contribution is 7.99. The molecule has 4 nitrogen and oxygen atoms in total. The van der Waals surface area contributed by atoms with Gasteiger partial charge < -0.3 is 4.74 Å². The molecule has 5 heteroatoms. The van der Waals surface area contributed by atoms with Crippen LogP contribution >= 0.6 is 11.8 Å². The van der Waals surface area contributed by atoms with E-state index in [0.717, 1.165) is 16.2 Å². The van der Waals surface area contributed by atoms with Gasteiger partial charge in [0.1, 0.15) is 6.04 Å². The number of pyridine rings is 1. The summed E-state index contributed by atoms with van der Waals surface area (Å²) in [5.41, 5.74) is 3.51. The predicted molar refractivity (Wildman–Crippen MR) is 125 cm³/mol. The second kappa shape index (κ2) is 8.08. The number of carbonyl (C=O) groups is 1. The number of rotatable bonds is 4. The molecule has 0 N–H and O–H groups in total. The molecule has 154 valence electrons. The maximum absolute atomic E-state index is 13.7. The molecule has 0 bridgehead atoms. The fraction of sp³-hybridized carbons (Fsp3) is 0.154. The number of nitrogens with zero attached hydrogens (tertiary/aromatic N) is 1. The zero-order chi connectivity index (χ0) is 21.4. The molecule has 4 aromatic rings. The summed E-state index contributed by atoms with van der Waals surface area (Å²) in [5, 5.41) is 3.18. The van der Waals surface area contributed by atoms with E-state index in [1.807, 2.05) is 42.5 Å². The number of hydrogen-bond donors (Lipinski definition) is 0. The smallest absolute Gasteiger partial charge is 0.329 e. The second-order valence-electron chi connectivity index (χ2n) is 7.59. The maximum atomic E-state index is 13.7. The van der Waals surface area contributed by atoms with Gasteiger partial charge in [0, 0.05) is 5.75 Å². The van der Waals surface area contributed by atoms with Crippen LogP contribution in [0.3, 0.4) is 0 Å². The molecule has 31 heavy (non-hydrogen) atoms. The minimum atomic E-state index is -0.591. The van der Waals surface area contributed by atoms with Crippen molar-refractivity contribution in [2.75, 3.05) is 12.9 Å². The van der Waals surface area contributed by atoms with E-state index in [4.69, 9.17) is 4.74 Å². The number of thioether (sulfide) groups is 1. The Morgan fingerprint density at radius 1 is 1.00 bits per heavy atom. The van der Waals surface area contributed by atoms with E-state index in [0.29, 0.717) is 17.7 Å². The van der Waals surface area contributed by atoms with Gasteiger partial charge in [0.2, 0.25) is 0 Å². The van der Waals surface area contributed by atoms with E-state index in [-0.39, 0.29) is 11.5 Å². The lowest BCUT2D eigenvalue weighted by atomic mass is 9.93. The zero-order valence-corrected chi connectivity index (χ0v) is 17.9. The highest BCUT2D eigenvalue weighted by Gasteiger charge is 2.33. The molecule has 0 saturated carbocycles. The zero-order valence-electron chi connectivity index (χ0n) is 17.1. The molecule has 5 rings (SSSR count). The van der Waals surface area contributed by atoms with Gasteiger partial charge in [-0.1, -0.05) is 72.8 Å². The quantitative estimate of drug-likeness (QED) is 0.426. The average Bonchev–Trinajstić information content (AvgIpc) is 3.24. The molecule has 1 aromatic heterocycles. The van der Waals surface area contributed by atoms with Gasteiger partial charge >= 0.3 is 5.97 Å². The summed E-state index contributed by atoms with van der Waals surface area (Å²) in [4.78, 5) is 26.0. The molecule has 0 radical (unpaired) electrons. The molecule has 3 aromatic carbocycles. The van der Waals surface area contributed by atoms with Gasteiger partial charge in [-0.15, -0.1) is 11.8 Å². The SMILES string of the molecule is COC(=O)[C@@H]1CSc2cc(Cc3cccc4ccccc34)c(-c3ccccc3)c(=O)n21. The number of ether oxygens (including phenoxy) is 1. The Morgan fingerprint density at radius 2 is 1.74 bits per heavy atom. The van der Waals surface area contributed by atoms with Crippen LogP contribution in [0, 0.1) is 0 Å². The molecular formula is C26H21NO3S. The normalized spacial score (nSPS) is 15.1. The van der Waals surface area contributed by atoms with Crippen LogP contribution in [0.1, 0.15) is 17.2 Å². The van der Waals surface area contributed by atoms with Gasteiger partial charge in [0.15, 0.2) is 0 Å². The number of fused-ring (bicyclic) bond motifs is 2. The van der Waals surface area contributed by atoms with Gasteiger partial charge in [-0.05, 0) is 39.9 Å². The molecule has 0 unspecified atom stereocenters. The first-order valence-electron chi connectivity index (χ1n) is 10.2. The summed E-state index contributed by atoms with van der Waals surface area (Å²) in [7, 11) is 1.36. The summed E-state index contributed by atoms with van der Waals surface area (Å²) in [5.74, 6) is 0.127. The number of hydrogen-bond acceptors (Lipinski definition) is 4. The highest BCUT2D eigenvalue weighted by atomic mass is 32.2. The third kappa shape index (κ3) is 3.45. The van der Waals surface area contributed by atoms with Crippen LogP contribution < -0.4 is 5.56 Å². The molecular weight excluding hydrogens is 406 g/mol. The third-order valence-electron chi connectivity index (χ3n) is 5.79. The van der Waals surface area contributed by atoms with Crippen molar-refractivity contribution in [3.63, 3.8) is 0 Å². The van der Waals surface area contributed by atoms with Crippen LogP contribution in [0.25, 0.3) is 21.9 Å². The van der Waals surface area contributed by atoms with Crippen LogP contribution in [0.4, 0.5) is 0 Å². The Hall–Kier alpha value is -3.31. The number of methoxy groups -OCH3 is 1. The molecule has 0 saturated heterocycles. The van der Waals surface area contributed by atoms with Gasteiger partial charge in [-0.3, -0.25) is 9.36 Å². The van der Waals surface area contributed by atoms with Crippen LogP contribution in [0.2, 0.25) is 0 Å². The standard InChI is InChI=1S/C26H21NO3S/c1-30-26(29)22-16-31-23-15-20(14-19-12-7-11-17-8-5-6-13-21(17)19)24(25(28)27(22)23)18-9-3-2-4-10-18/h2-13,15,22H,14,16H2,1H3/t22-/m0/s1. The molecule has 2 heterocycles. The maximum Gasteiger partial charge on any atom is 0.329 e. The van der Waals surface area contributed by atoms with E-state index in [1.165, 1.54) is 35.2 Å². The van der Waals surface area contributed by atoms with Crippen LogP contribution in [0.15, 0.2) is 88.7 Å². The Labute approximate surface area is 184 Å². The molecule has 1 atom stereocenters. The van der Waals surface area contributed by atoms with Crippen molar-refractivity contribution in [1.29, 1.82) is 0 Å². The lowest BCUT2D eigenvalue weighted by molar-refractivity contribution is -0.143. The minimum absolute atomic E-state index is 0.140. The monoisotopic (exact) mass is 427 g/mol. The van der Waals surface area contributed by atoms with E-state index < -0.39 is 6.04 Å². The fourth-order valence-corrected chi connectivity index (χ4v) is 5.50. The molecule has 1 aliphatic rings. The summed E-state index contributed by atoms with van der Waals surface area (Å²) in [6, 6.07) is 25.8. The predicted octanol–water partition coefficient (Wildman–Crippen LogP) is 5.08. The Bertz CT molecular complexity index is 1340. The summed E-state index contributed by atoms with van der Waals surface area (Å²) >= 11 is 1.53. The number of carbonyl (C=O) groups excluding carboxylic acids is 1. The number of aromatic nitrogens is 1. The Balaban J connectivity index is 1.71. The van der Waals surface area contributed by atoms with E-state index in [9.17, 15) is 9.59 Å². The average molecular weight is 428 g/mol. The van der Waals surface area contributed by atoms with Crippen LogP contribution in [-0.4, -0.2) is 23.4 Å². The lowest BCUT2D eigenvalue weighted by Crippen LogP contribution is -2.31. The van der Waals surface area contributed by atoms with Crippen molar-refractivity contribution in [3.8, 4) is 11.1 Å². The van der Waals surface area contributed by atoms with Crippen molar-refractivity contribution < 1.29 is 9.53 Å². The first kappa shape index (κ1) is 19.6. The molecule has 0 spiro atoms. The second-order valence-corrected chi connectivity index (χ2v) is 8.63. The number of benzene rings is 3. The van der Waals surface area contributed by atoms with Crippen molar-refractivity contribution >= 4 is 28.5 Å². The fourth-order valence-electron chi connectivity index (χ4n) is 4.31.